The fourth-order valence-corrected chi connectivity index (χ4v) is 4.07. The Bertz CT molecular complexity index is 345. The van der Waals surface area contributed by atoms with Crippen molar-refractivity contribution in [1.82, 2.24) is 5.32 Å². The molecule has 1 saturated heterocycles. The monoisotopic (exact) mass is 249 g/mol. The molecule has 1 N–H and O–H groups in total. The second kappa shape index (κ2) is 6.46. The molecule has 1 fully saturated rings. The van der Waals surface area contributed by atoms with Crippen molar-refractivity contribution >= 4 is 11.8 Å². The first-order valence-electron chi connectivity index (χ1n) is 6.64. The fourth-order valence-electron chi connectivity index (χ4n) is 2.60. The number of aryl methyl sites for hydroxylation is 1. The summed E-state index contributed by atoms with van der Waals surface area (Å²) in [6, 6.07) is 9.54. The van der Waals surface area contributed by atoms with Gasteiger partial charge >= 0.3 is 0 Å². The molecule has 2 unspecified atom stereocenters. The molecule has 1 aromatic carbocycles. The molecule has 0 radical (unpaired) electrons. The summed E-state index contributed by atoms with van der Waals surface area (Å²) in [5.74, 6) is 1.34. The van der Waals surface area contributed by atoms with E-state index in [9.17, 15) is 0 Å². The molecule has 1 heterocycles. The number of benzene rings is 1. The van der Waals surface area contributed by atoms with E-state index >= 15 is 0 Å². The van der Waals surface area contributed by atoms with Gasteiger partial charge in [0.25, 0.3) is 0 Å². The van der Waals surface area contributed by atoms with Crippen LogP contribution < -0.4 is 5.32 Å². The van der Waals surface area contributed by atoms with Gasteiger partial charge in [-0.2, -0.15) is 11.8 Å². The van der Waals surface area contributed by atoms with Crippen LogP contribution in [0.4, 0.5) is 0 Å². The van der Waals surface area contributed by atoms with Crippen molar-refractivity contribution in [3.63, 3.8) is 0 Å². The normalized spacial score (nSPS) is 22.4. The average molecular weight is 249 g/mol. The number of hydrogen-bond donors (Lipinski definition) is 1. The molecule has 17 heavy (non-hydrogen) atoms. The summed E-state index contributed by atoms with van der Waals surface area (Å²) < 4.78 is 0. The number of thioether (sulfide) groups is 1. The van der Waals surface area contributed by atoms with Gasteiger partial charge < -0.3 is 5.32 Å². The lowest BCUT2D eigenvalue weighted by Crippen LogP contribution is -2.38. The molecule has 1 aromatic rings. The topological polar surface area (TPSA) is 12.0 Å². The summed E-state index contributed by atoms with van der Waals surface area (Å²) in [5, 5.41) is 4.32. The minimum atomic E-state index is 0.627. The zero-order chi connectivity index (χ0) is 12.1. The van der Waals surface area contributed by atoms with Crippen molar-refractivity contribution in [2.75, 3.05) is 12.8 Å². The van der Waals surface area contributed by atoms with E-state index in [1.165, 1.54) is 36.1 Å². The first-order chi connectivity index (χ1) is 8.29. The van der Waals surface area contributed by atoms with Crippen LogP contribution >= 0.6 is 11.8 Å². The van der Waals surface area contributed by atoms with E-state index in [4.69, 9.17) is 0 Å². The smallest absolute Gasteiger partial charge is 0.0223 e. The van der Waals surface area contributed by atoms with Crippen LogP contribution in [0.1, 0.15) is 30.4 Å². The minimum Gasteiger partial charge on any atom is -0.316 e. The van der Waals surface area contributed by atoms with Crippen LogP contribution in [0.5, 0.6) is 0 Å². The van der Waals surface area contributed by atoms with E-state index in [1.807, 2.05) is 0 Å². The molecule has 0 aliphatic carbocycles. The lowest BCUT2D eigenvalue weighted by atomic mass is 9.98. The van der Waals surface area contributed by atoms with E-state index < -0.39 is 0 Å². The number of rotatable bonds is 4. The molecule has 0 saturated carbocycles. The Hall–Kier alpha value is -0.470. The van der Waals surface area contributed by atoms with Gasteiger partial charge in [-0.1, -0.05) is 36.2 Å². The summed E-state index contributed by atoms with van der Waals surface area (Å²) in [4.78, 5) is 0. The largest absolute Gasteiger partial charge is 0.316 e. The summed E-state index contributed by atoms with van der Waals surface area (Å²) in [7, 11) is 2.11. The quantitative estimate of drug-likeness (QED) is 0.877. The highest BCUT2D eigenvalue weighted by molar-refractivity contribution is 8.00. The van der Waals surface area contributed by atoms with E-state index in [2.05, 4.69) is 55.3 Å². The van der Waals surface area contributed by atoms with Gasteiger partial charge in [-0.05, 0) is 44.6 Å². The third-order valence-corrected chi connectivity index (χ3v) is 5.09. The summed E-state index contributed by atoms with van der Waals surface area (Å²) >= 11 is 2.16. The zero-order valence-corrected chi connectivity index (χ0v) is 11.7. The summed E-state index contributed by atoms with van der Waals surface area (Å²) in [6.45, 7) is 2.17. The average Bonchev–Trinajstić information content (AvgIpc) is 2.37. The lowest BCUT2D eigenvalue weighted by molar-refractivity contribution is 0.495. The third kappa shape index (κ3) is 3.75. The van der Waals surface area contributed by atoms with Gasteiger partial charge in [-0.3, -0.25) is 0 Å². The summed E-state index contributed by atoms with van der Waals surface area (Å²) in [6.07, 6.45) is 5.35. The van der Waals surface area contributed by atoms with Crippen molar-refractivity contribution in [2.45, 2.75) is 43.9 Å². The maximum absolute atomic E-state index is 3.52. The second-order valence-electron chi connectivity index (χ2n) is 4.99. The van der Waals surface area contributed by atoms with E-state index in [0.29, 0.717) is 6.04 Å². The van der Waals surface area contributed by atoms with Crippen molar-refractivity contribution in [3.8, 4) is 0 Å². The SMILES string of the molecule is CNC(Cc1cccc(C)c1)C1CCCCS1. The molecule has 1 nitrogen and oxygen atoms in total. The van der Waals surface area contributed by atoms with Crippen molar-refractivity contribution in [3.05, 3.63) is 35.4 Å². The number of hydrogen-bond acceptors (Lipinski definition) is 2. The first-order valence-corrected chi connectivity index (χ1v) is 7.69. The Morgan fingerprint density at radius 2 is 2.29 bits per heavy atom. The zero-order valence-electron chi connectivity index (χ0n) is 10.9. The molecule has 0 amide bonds. The Morgan fingerprint density at radius 3 is 2.94 bits per heavy atom. The van der Waals surface area contributed by atoms with Gasteiger partial charge in [0.15, 0.2) is 0 Å². The predicted octanol–water partition coefficient (Wildman–Crippen LogP) is 3.41. The molecule has 0 spiro atoms. The van der Waals surface area contributed by atoms with Gasteiger partial charge in [-0.15, -0.1) is 0 Å². The van der Waals surface area contributed by atoms with Crippen LogP contribution in [0, 0.1) is 6.92 Å². The van der Waals surface area contributed by atoms with Crippen molar-refractivity contribution in [2.24, 2.45) is 0 Å². The Morgan fingerprint density at radius 1 is 1.41 bits per heavy atom. The maximum Gasteiger partial charge on any atom is 0.0223 e. The van der Waals surface area contributed by atoms with Gasteiger partial charge in [-0.25, -0.2) is 0 Å². The maximum atomic E-state index is 3.52. The van der Waals surface area contributed by atoms with Crippen LogP contribution in [-0.2, 0) is 6.42 Å². The molecule has 94 valence electrons. The summed E-state index contributed by atoms with van der Waals surface area (Å²) in [5.41, 5.74) is 2.84. The highest BCUT2D eigenvalue weighted by Crippen LogP contribution is 2.28. The van der Waals surface area contributed by atoms with Crippen LogP contribution in [0.2, 0.25) is 0 Å². The number of nitrogens with one attached hydrogen (secondary N) is 1. The Balaban J connectivity index is 1.98. The van der Waals surface area contributed by atoms with Crippen LogP contribution in [0.15, 0.2) is 24.3 Å². The molecule has 1 aliphatic heterocycles. The minimum absolute atomic E-state index is 0.627. The van der Waals surface area contributed by atoms with Crippen molar-refractivity contribution in [1.29, 1.82) is 0 Å². The molecular formula is C15H23NS. The fraction of sp³-hybridized carbons (Fsp3) is 0.600. The van der Waals surface area contributed by atoms with E-state index in [-0.39, 0.29) is 0 Å². The molecule has 0 bridgehead atoms. The molecular weight excluding hydrogens is 226 g/mol. The van der Waals surface area contributed by atoms with Gasteiger partial charge in [0.1, 0.15) is 0 Å². The molecule has 1 aliphatic rings. The predicted molar refractivity (Wildman–Crippen MR) is 77.8 cm³/mol. The lowest BCUT2D eigenvalue weighted by Gasteiger charge is -2.29. The van der Waals surface area contributed by atoms with Gasteiger partial charge in [0.05, 0.1) is 0 Å². The van der Waals surface area contributed by atoms with Gasteiger partial charge in [0, 0.05) is 11.3 Å². The molecule has 2 rings (SSSR count). The van der Waals surface area contributed by atoms with Crippen LogP contribution in [0.3, 0.4) is 0 Å². The molecule has 0 aromatic heterocycles. The Kier molecular flexibility index (Phi) is 4.93. The van der Waals surface area contributed by atoms with Crippen LogP contribution in [0.25, 0.3) is 0 Å². The number of likely N-dealkylation sites (N-methyl/N-ethyl adjacent to an activating group) is 1. The van der Waals surface area contributed by atoms with Gasteiger partial charge in [0.2, 0.25) is 0 Å². The molecule has 2 heteroatoms. The highest BCUT2D eigenvalue weighted by Gasteiger charge is 2.22. The third-order valence-electron chi connectivity index (χ3n) is 3.57. The second-order valence-corrected chi connectivity index (χ2v) is 6.34. The van der Waals surface area contributed by atoms with E-state index in [1.54, 1.807) is 0 Å². The Labute approximate surface area is 109 Å². The molecule has 2 atom stereocenters. The van der Waals surface area contributed by atoms with E-state index in [0.717, 1.165) is 11.7 Å². The first kappa shape index (κ1) is 13.0. The van der Waals surface area contributed by atoms with Crippen LogP contribution in [-0.4, -0.2) is 24.1 Å². The van der Waals surface area contributed by atoms with Crippen molar-refractivity contribution < 1.29 is 0 Å². The standard InChI is InChI=1S/C15H23NS/c1-12-6-5-7-13(10-12)11-14(16-2)15-8-3-4-9-17-15/h5-7,10,14-16H,3-4,8-9,11H2,1-2H3. The highest BCUT2D eigenvalue weighted by atomic mass is 32.2.